The Bertz CT molecular complexity index is 684. The second-order valence-corrected chi connectivity index (χ2v) is 4.41. The minimum absolute atomic E-state index is 0.105. The summed E-state index contributed by atoms with van der Waals surface area (Å²) in [5.41, 5.74) is 0.911. The zero-order chi connectivity index (χ0) is 15.4. The highest BCUT2D eigenvalue weighted by molar-refractivity contribution is 6.04. The first-order chi connectivity index (χ1) is 9.97. The molecule has 0 radical (unpaired) electrons. The summed E-state index contributed by atoms with van der Waals surface area (Å²) in [6.45, 7) is 1.91. The SMILES string of the molecule is Cc1ccc(NC(=O)Nc2cccc(F)c2C(=O)O)cc1. The standard InChI is InChI=1S/C15H13FN2O3/c1-9-5-7-10(8-6-9)17-15(21)18-12-4-2-3-11(16)13(12)14(19)20/h2-8H,1H3,(H,19,20)(H2,17,18,21). The Balaban J connectivity index is 2.15. The molecule has 0 bridgehead atoms. The fourth-order valence-corrected chi connectivity index (χ4v) is 1.77. The third-order valence-corrected chi connectivity index (χ3v) is 2.79. The molecule has 0 aliphatic rings. The molecule has 0 atom stereocenters. The summed E-state index contributed by atoms with van der Waals surface area (Å²) in [5, 5.41) is 13.8. The van der Waals surface area contributed by atoms with Gasteiger partial charge in [0, 0.05) is 5.69 Å². The van der Waals surface area contributed by atoms with Crippen LogP contribution in [0, 0.1) is 12.7 Å². The zero-order valence-corrected chi connectivity index (χ0v) is 11.2. The summed E-state index contributed by atoms with van der Waals surface area (Å²) in [6, 6.07) is 10.1. The van der Waals surface area contributed by atoms with E-state index in [1.54, 1.807) is 12.1 Å². The monoisotopic (exact) mass is 288 g/mol. The van der Waals surface area contributed by atoms with Gasteiger partial charge in [-0.3, -0.25) is 0 Å². The van der Waals surface area contributed by atoms with Crippen molar-refractivity contribution in [1.82, 2.24) is 0 Å². The lowest BCUT2D eigenvalue weighted by molar-refractivity contribution is 0.0693. The molecule has 6 heteroatoms. The second-order valence-electron chi connectivity index (χ2n) is 4.41. The number of anilines is 2. The van der Waals surface area contributed by atoms with Gasteiger partial charge in [0.05, 0.1) is 5.69 Å². The number of rotatable bonds is 3. The van der Waals surface area contributed by atoms with Crippen LogP contribution in [0.2, 0.25) is 0 Å². The predicted octanol–water partition coefficient (Wildman–Crippen LogP) is 3.48. The number of hydrogen-bond acceptors (Lipinski definition) is 2. The Morgan fingerprint density at radius 2 is 1.71 bits per heavy atom. The number of hydrogen-bond donors (Lipinski definition) is 3. The van der Waals surface area contributed by atoms with Gasteiger partial charge in [0.2, 0.25) is 0 Å². The van der Waals surface area contributed by atoms with Crippen LogP contribution in [0.1, 0.15) is 15.9 Å². The van der Waals surface area contributed by atoms with Gasteiger partial charge < -0.3 is 15.7 Å². The van der Waals surface area contributed by atoms with E-state index >= 15 is 0 Å². The van der Waals surface area contributed by atoms with Gasteiger partial charge in [-0.15, -0.1) is 0 Å². The Hall–Kier alpha value is -2.89. The number of amides is 2. The molecule has 0 aliphatic heterocycles. The van der Waals surface area contributed by atoms with Gasteiger partial charge in [0.1, 0.15) is 11.4 Å². The molecule has 5 nitrogen and oxygen atoms in total. The highest BCUT2D eigenvalue weighted by Crippen LogP contribution is 2.19. The van der Waals surface area contributed by atoms with Gasteiger partial charge in [-0.25, -0.2) is 14.0 Å². The molecule has 108 valence electrons. The highest BCUT2D eigenvalue weighted by atomic mass is 19.1. The molecule has 0 heterocycles. The van der Waals surface area contributed by atoms with Crippen LogP contribution in [0.15, 0.2) is 42.5 Å². The Kier molecular flexibility index (Phi) is 4.18. The van der Waals surface area contributed by atoms with Gasteiger partial charge in [-0.1, -0.05) is 23.8 Å². The van der Waals surface area contributed by atoms with E-state index in [9.17, 15) is 14.0 Å². The Morgan fingerprint density at radius 3 is 2.33 bits per heavy atom. The van der Waals surface area contributed by atoms with Crippen molar-refractivity contribution in [3.8, 4) is 0 Å². The summed E-state index contributed by atoms with van der Waals surface area (Å²) < 4.78 is 13.5. The summed E-state index contributed by atoms with van der Waals surface area (Å²) in [5.74, 6) is -2.35. The number of carboxylic acid groups (broad SMARTS) is 1. The summed E-state index contributed by atoms with van der Waals surface area (Å²) in [6.07, 6.45) is 0. The number of halogens is 1. The Labute approximate surface area is 120 Å². The largest absolute Gasteiger partial charge is 0.478 e. The lowest BCUT2D eigenvalue weighted by atomic mass is 10.1. The van der Waals surface area contributed by atoms with Crippen molar-refractivity contribution >= 4 is 23.4 Å². The lowest BCUT2D eigenvalue weighted by Crippen LogP contribution is -2.21. The van der Waals surface area contributed by atoms with Crippen molar-refractivity contribution in [2.24, 2.45) is 0 Å². The normalized spacial score (nSPS) is 10.0. The zero-order valence-electron chi connectivity index (χ0n) is 11.2. The van der Waals surface area contributed by atoms with Gasteiger partial charge in [-0.05, 0) is 31.2 Å². The van der Waals surface area contributed by atoms with Crippen LogP contribution in [0.4, 0.5) is 20.6 Å². The quantitative estimate of drug-likeness (QED) is 0.809. The van der Waals surface area contributed by atoms with Gasteiger partial charge >= 0.3 is 12.0 Å². The van der Waals surface area contributed by atoms with Crippen LogP contribution < -0.4 is 10.6 Å². The van der Waals surface area contributed by atoms with Gasteiger partial charge in [0.25, 0.3) is 0 Å². The third-order valence-electron chi connectivity index (χ3n) is 2.79. The molecule has 0 unspecified atom stereocenters. The molecular weight excluding hydrogens is 275 g/mol. The first kappa shape index (κ1) is 14.5. The highest BCUT2D eigenvalue weighted by Gasteiger charge is 2.17. The maximum atomic E-state index is 13.5. The smallest absolute Gasteiger partial charge is 0.340 e. The third kappa shape index (κ3) is 3.56. The van der Waals surface area contributed by atoms with Crippen molar-refractivity contribution in [2.45, 2.75) is 6.92 Å². The number of carboxylic acids is 1. The minimum atomic E-state index is -1.45. The van der Waals surface area contributed by atoms with Gasteiger partial charge in [0.15, 0.2) is 0 Å². The predicted molar refractivity (Wildman–Crippen MR) is 77.2 cm³/mol. The molecule has 0 aromatic heterocycles. The van der Waals surface area contributed by atoms with E-state index in [-0.39, 0.29) is 5.69 Å². The van der Waals surface area contributed by atoms with Crippen molar-refractivity contribution in [3.63, 3.8) is 0 Å². The van der Waals surface area contributed by atoms with Crippen molar-refractivity contribution in [2.75, 3.05) is 10.6 Å². The molecule has 3 N–H and O–H groups in total. The maximum Gasteiger partial charge on any atom is 0.340 e. The summed E-state index contributed by atoms with van der Waals surface area (Å²) in [4.78, 5) is 22.8. The molecule has 0 saturated heterocycles. The first-order valence-corrected chi connectivity index (χ1v) is 6.14. The molecule has 0 spiro atoms. The van der Waals surface area contributed by atoms with E-state index in [2.05, 4.69) is 10.6 Å². The molecule has 21 heavy (non-hydrogen) atoms. The number of carbonyl (C=O) groups is 2. The number of urea groups is 1. The molecule has 0 saturated carbocycles. The van der Waals surface area contributed by atoms with E-state index < -0.39 is 23.4 Å². The maximum absolute atomic E-state index is 13.5. The van der Waals surface area contributed by atoms with Crippen molar-refractivity contribution in [1.29, 1.82) is 0 Å². The van der Waals surface area contributed by atoms with E-state index in [1.165, 1.54) is 12.1 Å². The molecule has 2 rings (SSSR count). The summed E-state index contributed by atoms with van der Waals surface area (Å²) >= 11 is 0. The van der Waals surface area contributed by atoms with E-state index in [0.29, 0.717) is 5.69 Å². The molecular formula is C15H13FN2O3. The van der Waals surface area contributed by atoms with Crippen LogP contribution in [-0.4, -0.2) is 17.1 Å². The van der Waals surface area contributed by atoms with Gasteiger partial charge in [-0.2, -0.15) is 0 Å². The second kappa shape index (κ2) is 6.04. The van der Waals surface area contributed by atoms with E-state index in [0.717, 1.165) is 11.6 Å². The van der Waals surface area contributed by atoms with E-state index in [1.807, 2.05) is 19.1 Å². The fraction of sp³-hybridized carbons (Fsp3) is 0.0667. The summed E-state index contributed by atoms with van der Waals surface area (Å²) in [7, 11) is 0. The number of aromatic carboxylic acids is 1. The van der Waals surface area contributed by atoms with Crippen LogP contribution >= 0.6 is 0 Å². The van der Waals surface area contributed by atoms with E-state index in [4.69, 9.17) is 5.11 Å². The first-order valence-electron chi connectivity index (χ1n) is 6.14. The fourth-order valence-electron chi connectivity index (χ4n) is 1.77. The number of carbonyl (C=O) groups excluding carboxylic acids is 1. The minimum Gasteiger partial charge on any atom is -0.478 e. The number of aryl methyl sites for hydroxylation is 1. The Morgan fingerprint density at radius 1 is 1.05 bits per heavy atom. The number of benzene rings is 2. The molecule has 2 amide bonds. The molecule has 0 aliphatic carbocycles. The molecule has 2 aromatic carbocycles. The number of nitrogens with one attached hydrogen (secondary N) is 2. The van der Waals surface area contributed by atoms with Crippen molar-refractivity contribution in [3.05, 3.63) is 59.4 Å². The average Bonchev–Trinajstić information content (AvgIpc) is 2.41. The van der Waals surface area contributed by atoms with Crippen LogP contribution in [0.3, 0.4) is 0 Å². The topological polar surface area (TPSA) is 78.4 Å². The van der Waals surface area contributed by atoms with Crippen LogP contribution in [0.5, 0.6) is 0 Å². The molecule has 2 aromatic rings. The molecule has 0 fully saturated rings. The average molecular weight is 288 g/mol. The van der Waals surface area contributed by atoms with Crippen molar-refractivity contribution < 1.29 is 19.1 Å². The van der Waals surface area contributed by atoms with Crippen LogP contribution in [0.25, 0.3) is 0 Å². The lowest BCUT2D eigenvalue weighted by Gasteiger charge is -2.10. The van der Waals surface area contributed by atoms with Crippen LogP contribution in [-0.2, 0) is 0 Å².